The molecule has 0 spiro atoms. The van der Waals surface area contributed by atoms with E-state index < -0.39 is 0 Å². The summed E-state index contributed by atoms with van der Waals surface area (Å²) < 4.78 is 4.17. The quantitative estimate of drug-likeness (QED) is 0.336. The molecule has 40 heavy (non-hydrogen) atoms. The van der Waals surface area contributed by atoms with Crippen LogP contribution in [-0.2, 0) is 0 Å². The number of aromatic nitrogens is 12. The summed E-state index contributed by atoms with van der Waals surface area (Å²) >= 11 is 0. The lowest BCUT2D eigenvalue weighted by molar-refractivity contribution is 0.938. The van der Waals surface area contributed by atoms with E-state index in [-0.39, 0.29) is 0 Å². The van der Waals surface area contributed by atoms with Gasteiger partial charge in [0.25, 0.3) is 0 Å². The highest BCUT2D eigenvalue weighted by atomic mass is 15.1. The smallest absolute Gasteiger partial charge is 0.170 e. The molecule has 0 fully saturated rings. The Balaban J connectivity index is 1.79. The number of rotatable bonds is 2. The van der Waals surface area contributed by atoms with Crippen molar-refractivity contribution in [1.82, 2.24) is 58.6 Å². The van der Waals surface area contributed by atoms with E-state index in [1.807, 2.05) is 12.1 Å². The van der Waals surface area contributed by atoms with E-state index in [2.05, 4.69) is 63.0 Å². The van der Waals surface area contributed by atoms with E-state index in [0.717, 1.165) is 43.6 Å². The molecule has 9 aromatic rings. The minimum absolute atomic E-state index is 0.380. The van der Waals surface area contributed by atoms with Gasteiger partial charge in [-0.25, -0.2) is 39.9 Å². The average Bonchev–Trinajstić information content (AvgIpc) is 3.50. The van der Waals surface area contributed by atoms with Gasteiger partial charge in [0, 0.05) is 46.3 Å². The Hall–Kier alpha value is -6.04. The molecule has 0 saturated heterocycles. The van der Waals surface area contributed by atoms with Gasteiger partial charge in [0.15, 0.2) is 22.9 Å². The normalized spacial score (nSPS) is 12.0. The van der Waals surface area contributed by atoms with Gasteiger partial charge in [-0.05, 0) is 0 Å². The summed E-state index contributed by atoms with van der Waals surface area (Å²) in [6, 6.07) is 12.5. The van der Waals surface area contributed by atoms with Gasteiger partial charge in [0.1, 0.15) is 47.4 Å². The van der Waals surface area contributed by atoms with Crippen LogP contribution in [0.1, 0.15) is 11.6 Å². The highest BCUT2D eigenvalue weighted by Gasteiger charge is 2.24. The van der Waals surface area contributed by atoms with Crippen molar-refractivity contribution in [3.63, 3.8) is 0 Å². The fourth-order valence-corrected chi connectivity index (χ4v) is 5.74. The first-order chi connectivity index (χ1) is 19.9. The minimum atomic E-state index is 0.380. The van der Waals surface area contributed by atoms with Crippen molar-refractivity contribution in [2.45, 2.75) is 0 Å². The molecule has 0 aliphatic rings. The Morgan fingerprint density at radius 3 is 1.38 bits per heavy atom. The van der Waals surface area contributed by atoms with Crippen LogP contribution in [0.2, 0.25) is 0 Å². The maximum atomic E-state index is 4.83. The standard InChI is InChI=1S/C28H14N12/c1-3-15-16-4-2-6-18-21-27(34-10-8-32-21)40(23(16)18)28(39-22(15)17(5-1)20-26(39)33-9-7-31-20)19(24-35-11-29-12-36-24)25-37-13-30-14-38-25/h1-14H. The Kier molecular flexibility index (Phi) is 4.05. The van der Waals surface area contributed by atoms with Crippen LogP contribution in [0.4, 0.5) is 0 Å². The lowest BCUT2D eigenvalue weighted by Crippen LogP contribution is -2.26. The van der Waals surface area contributed by atoms with Crippen molar-refractivity contribution in [3.8, 4) is 0 Å². The number of nitrogens with zero attached hydrogens (tertiary/aromatic N) is 12. The van der Waals surface area contributed by atoms with E-state index in [9.17, 15) is 0 Å². The molecular formula is C28H14N12. The minimum Gasteiger partial charge on any atom is -0.276 e. The fraction of sp³-hybridized carbons (Fsp3) is 0. The number of fused-ring (bicyclic) bond motifs is 7. The van der Waals surface area contributed by atoms with Gasteiger partial charge in [-0.1, -0.05) is 36.4 Å². The van der Waals surface area contributed by atoms with Crippen LogP contribution in [0.15, 0.2) is 86.5 Å². The van der Waals surface area contributed by atoms with Crippen molar-refractivity contribution < 1.29 is 0 Å². The molecule has 0 aliphatic carbocycles. The second-order valence-electron chi connectivity index (χ2n) is 9.15. The summed E-state index contributed by atoms with van der Waals surface area (Å²) in [5.41, 5.74) is 5.92. The third kappa shape index (κ3) is 2.63. The van der Waals surface area contributed by atoms with Crippen molar-refractivity contribution in [1.29, 1.82) is 0 Å². The highest BCUT2D eigenvalue weighted by molar-refractivity contribution is 6.22. The molecule has 7 heterocycles. The number of para-hydroxylation sites is 2. The van der Waals surface area contributed by atoms with Crippen LogP contribution in [0.3, 0.4) is 0 Å². The molecule has 0 N–H and O–H groups in total. The van der Waals surface area contributed by atoms with Gasteiger partial charge >= 0.3 is 0 Å². The fourth-order valence-electron chi connectivity index (χ4n) is 5.74. The number of hydrogen-bond donors (Lipinski definition) is 0. The maximum absolute atomic E-state index is 4.83. The first kappa shape index (κ1) is 21.0. The molecular weight excluding hydrogens is 504 g/mol. The molecule has 12 heteroatoms. The van der Waals surface area contributed by atoms with E-state index in [4.69, 9.17) is 19.9 Å². The largest absolute Gasteiger partial charge is 0.276 e. The topological polar surface area (TPSA) is 138 Å². The molecule has 0 atom stereocenters. The number of hydrogen-bond acceptors (Lipinski definition) is 10. The highest BCUT2D eigenvalue weighted by Crippen LogP contribution is 2.36. The first-order valence-corrected chi connectivity index (χ1v) is 12.4. The molecule has 0 bridgehead atoms. The van der Waals surface area contributed by atoms with Gasteiger partial charge in [0.2, 0.25) is 0 Å². The Bertz CT molecular complexity index is 2310. The lowest BCUT2D eigenvalue weighted by atomic mass is 10.1. The summed E-state index contributed by atoms with van der Waals surface area (Å²) in [5, 5.41) is 3.96. The van der Waals surface area contributed by atoms with Crippen LogP contribution < -0.4 is 5.48 Å². The second-order valence-corrected chi connectivity index (χ2v) is 9.15. The Labute approximate surface area is 222 Å². The predicted octanol–water partition coefficient (Wildman–Crippen LogP) is 2.72. The van der Waals surface area contributed by atoms with Crippen LogP contribution in [0, 0.1) is 0 Å². The summed E-state index contributed by atoms with van der Waals surface area (Å²) in [6.45, 7) is 0. The molecule has 9 rings (SSSR count). The first-order valence-electron chi connectivity index (χ1n) is 12.4. The third-order valence-electron chi connectivity index (χ3n) is 7.18. The zero-order valence-corrected chi connectivity index (χ0v) is 20.4. The molecule has 0 amide bonds. The number of benzene rings is 2. The van der Waals surface area contributed by atoms with Gasteiger partial charge in [0.05, 0.1) is 11.0 Å². The molecule has 0 radical (unpaired) electrons. The molecule has 0 unspecified atom stereocenters. The monoisotopic (exact) mass is 518 g/mol. The van der Waals surface area contributed by atoms with Crippen molar-refractivity contribution in [3.05, 3.63) is 104 Å². The summed E-state index contributed by atoms with van der Waals surface area (Å²) in [4.78, 5) is 45.5. The second kappa shape index (κ2) is 7.74. The third-order valence-corrected chi connectivity index (χ3v) is 7.18. The average molecular weight is 519 g/mol. The van der Waals surface area contributed by atoms with Gasteiger partial charge in [-0.3, -0.25) is 18.8 Å². The molecule has 0 aliphatic heterocycles. The Morgan fingerprint density at radius 2 is 0.900 bits per heavy atom. The molecule has 12 nitrogen and oxygen atoms in total. The van der Waals surface area contributed by atoms with Gasteiger partial charge < -0.3 is 0 Å². The molecule has 0 saturated carbocycles. The van der Waals surface area contributed by atoms with Crippen LogP contribution in [0.25, 0.3) is 60.5 Å². The van der Waals surface area contributed by atoms with Gasteiger partial charge in [-0.2, -0.15) is 0 Å². The zero-order chi connectivity index (χ0) is 26.2. The van der Waals surface area contributed by atoms with E-state index in [1.165, 1.54) is 25.3 Å². The maximum Gasteiger partial charge on any atom is 0.170 e. The zero-order valence-electron chi connectivity index (χ0n) is 20.4. The van der Waals surface area contributed by atoms with Crippen LogP contribution >= 0.6 is 0 Å². The van der Waals surface area contributed by atoms with E-state index >= 15 is 0 Å². The Morgan fingerprint density at radius 1 is 0.475 bits per heavy atom. The van der Waals surface area contributed by atoms with Crippen LogP contribution in [-0.4, -0.2) is 58.6 Å². The SMILES string of the molecule is c1cc2c3cccc4c5nccnc5n(c(=C(c5ncncn5)c5ncncn5)n5c6nccnc6c(c1)c25)c34. The van der Waals surface area contributed by atoms with Crippen molar-refractivity contribution in [2.24, 2.45) is 0 Å². The molecule has 186 valence electrons. The van der Waals surface area contributed by atoms with Crippen molar-refractivity contribution in [2.75, 3.05) is 0 Å². The van der Waals surface area contributed by atoms with Crippen LogP contribution in [0.5, 0.6) is 0 Å². The lowest BCUT2D eigenvalue weighted by Gasteiger charge is -2.07. The molecule has 2 aromatic carbocycles. The predicted molar refractivity (Wildman–Crippen MR) is 146 cm³/mol. The van der Waals surface area contributed by atoms with E-state index in [0.29, 0.717) is 34.0 Å². The summed E-state index contributed by atoms with van der Waals surface area (Å²) in [7, 11) is 0. The van der Waals surface area contributed by atoms with Crippen molar-refractivity contribution >= 4 is 60.5 Å². The summed E-state index contributed by atoms with van der Waals surface area (Å²) in [5.74, 6) is 0.761. The van der Waals surface area contributed by atoms with Gasteiger partial charge in [-0.15, -0.1) is 0 Å². The molecule has 7 aromatic heterocycles. The summed E-state index contributed by atoms with van der Waals surface area (Å²) in [6.07, 6.45) is 12.6. The van der Waals surface area contributed by atoms with E-state index in [1.54, 1.807) is 24.8 Å².